The first-order valence-corrected chi connectivity index (χ1v) is 15.8. The Bertz CT molecular complexity index is 2560. The van der Waals surface area contributed by atoms with E-state index in [0.29, 0.717) is 17.6 Å². The third-order valence-corrected chi connectivity index (χ3v) is 9.00. The molecule has 230 valence electrons. The lowest BCUT2D eigenvalue weighted by Gasteiger charge is -2.12. The molecule has 0 amide bonds. The molecule has 9 rings (SSSR count). The van der Waals surface area contributed by atoms with Crippen LogP contribution in [0.1, 0.15) is 0 Å². The Hall–Kier alpha value is -6.47. The lowest BCUT2D eigenvalue weighted by Crippen LogP contribution is -2.06. The number of rotatable bonds is 6. The third-order valence-electron chi connectivity index (χ3n) is 9.00. The van der Waals surface area contributed by atoms with E-state index in [1.807, 2.05) is 48.5 Å². The minimum absolute atomic E-state index is 0.539. The van der Waals surface area contributed by atoms with Crippen molar-refractivity contribution in [2.24, 2.45) is 0 Å². The van der Waals surface area contributed by atoms with Gasteiger partial charge in [0.05, 0.1) is 36.3 Å². The number of fused-ring (bicyclic) bond motifs is 7. The molecule has 0 N–H and O–H groups in total. The Morgan fingerprint density at radius 2 is 0.979 bits per heavy atom. The highest BCUT2D eigenvalue weighted by molar-refractivity contribution is 6.26. The molecule has 3 heterocycles. The first-order chi connectivity index (χ1) is 23.7. The molecule has 0 unspecified atom stereocenters. The molecule has 0 bridgehead atoms. The molecule has 3 aromatic heterocycles. The predicted molar refractivity (Wildman–Crippen MR) is 192 cm³/mol. The average molecular weight is 624 g/mol. The van der Waals surface area contributed by atoms with Crippen molar-refractivity contribution in [3.8, 4) is 45.9 Å². The highest BCUT2D eigenvalue weighted by Gasteiger charge is 2.23. The minimum atomic E-state index is 0.539. The molecule has 0 fully saturated rings. The highest BCUT2D eigenvalue weighted by atomic mass is 16.5. The maximum absolute atomic E-state index is 5.44. The average Bonchev–Trinajstić information content (AvgIpc) is 3.68. The number of ether oxygens (including phenoxy) is 2. The van der Waals surface area contributed by atoms with Gasteiger partial charge in [-0.3, -0.25) is 4.57 Å². The van der Waals surface area contributed by atoms with Crippen molar-refractivity contribution in [2.45, 2.75) is 0 Å². The first kappa shape index (κ1) is 27.8. The molecule has 0 spiro atoms. The van der Waals surface area contributed by atoms with Crippen LogP contribution in [0.4, 0.5) is 0 Å². The molecule has 48 heavy (non-hydrogen) atoms. The van der Waals surface area contributed by atoms with Gasteiger partial charge in [0, 0.05) is 38.4 Å². The molecule has 0 aliphatic rings. The molecular formula is C41H29N5O2. The SMILES string of the molecule is COc1ccc(-c2nc(-c3ccc(OC)cc3)nc(-n3c4ccccc4c4ccc5c(c6ccccc6n5-c5ccccc5)c43)n2)cc1. The van der Waals surface area contributed by atoms with Gasteiger partial charge in [-0.15, -0.1) is 0 Å². The van der Waals surface area contributed by atoms with E-state index in [0.717, 1.165) is 71.9 Å². The summed E-state index contributed by atoms with van der Waals surface area (Å²) in [6.45, 7) is 0. The van der Waals surface area contributed by atoms with Crippen LogP contribution in [-0.2, 0) is 0 Å². The predicted octanol–water partition coefficient (Wildman–Crippen LogP) is 9.42. The number of benzene rings is 6. The standard InChI is InChI=1S/C41H29N5O2/c1-47-29-20-16-26(17-21-29)39-42-40(27-18-22-30(48-2)23-19-27)44-41(43-39)46-34-14-8-6-12-31(34)32-24-25-36-37(38(32)46)33-13-7-9-15-35(33)45(36)28-10-4-3-5-11-28/h3-25H,1-2H3. The number of para-hydroxylation sites is 3. The smallest absolute Gasteiger partial charge is 0.238 e. The summed E-state index contributed by atoms with van der Waals surface area (Å²) in [5, 5.41) is 4.56. The molecule has 0 atom stereocenters. The maximum atomic E-state index is 5.44. The molecule has 0 aliphatic carbocycles. The Kier molecular flexibility index (Phi) is 6.43. The zero-order chi connectivity index (χ0) is 32.2. The van der Waals surface area contributed by atoms with Crippen LogP contribution in [0, 0.1) is 0 Å². The van der Waals surface area contributed by atoms with Crippen molar-refractivity contribution in [3.63, 3.8) is 0 Å². The Balaban J connectivity index is 1.41. The van der Waals surface area contributed by atoms with E-state index in [1.165, 1.54) is 0 Å². The summed E-state index contributed by atoms with van der Waals surface area (Å²) in [5.74, 6) is 3.21. The summed E-state index contributed by atoms with van der Waals surface area (Å²) in [7, 11) is 3.32. The Morgan fingerprint density at radius 1 is 0.438 bits per heavy atom. The van der Waals surface area contributed by atoms with Gasteiger partial charge in [-0.1, -0.05) is 60.7 Å². The van der Waals surface area contributed by atoms with Crippen molar-refractivity contribution in [2.75, 3.05) is 14.2 Å². The Labute approximate surface area is 276 Å². The number of hydrogen-bond acceptors (Lipinski definition) is 5. The number of hydrogen-bond donors (Lipinski definition) is 0. The fraction of sp³-hybridized carbons (Fsp3) is 0.0488. The monoisotopic (exact) mass is 623 g/mol. The van der Waals surface area contributed by atoms with E-state index in [9.17, 15) is 0 Å². The summed E-state index contributed by atoms with van der Waals surface area (Å²) in [5.41, 5.74) is 7.14. The molecule has 6 aromatic carbocycles. The quantitative estimate of drug-likeness (QED) is 0.185. The van der Waals surface area contributed by atoms with Gasteiger partial charge < -0.3 is 14.0 Å². The van der Waals surface area contributed by atoms with Gasteiger partial charge in [0.25, 0.3) is 0 Å². The second kappa shape index (κ2) is 11.1. The van der Waals surface area contributed by atoms with E-state index in [4.69, 9.17) is 24.4 Å². The summed E-state index contributed by atoms with van der Waals surface area (Å²) >= 11 is 0. The fourth-order valence-corrected chi connectivity index (χ4v) is 6.77. The van der Waals surface area contributed by atoms with Gasteiger partial charge in [0.1, 0.15) is 11.5 Å². The van der Waals surface area contributed by atoms with Crippen molar-refractivity contribution >= 4 is 43.6 Å². The van der Waals surface area contributed by atoms with Crippen molar-refractivity contribution in [1.29, 1.82) is 0 Å². The summed E-state index contributed by atoms with van der Waals surface area (Å²) in [6.07, 6.45) is 0. The van der Waals surface area contributed by atoms with E-state index < -0.39 is 0 Å². The van der Waals surface area contributed by atoms with Crippen molar-refractivity contribution in [3.05, 3.63) is 140 Å². The second-order valence-corrected chi connectivity index (χ2v) is 11.6. The third kappa shape index (κ3) is 4.32. The number of nitrogens with zero attached hydrogens (tertiary/aromatic N) is 5. The number of methoxy groups -OCH3 is 2. The molecule has 0 radical (unpaired) electrons. The molecular weight excluding hydrogens is 594 g/mol. The summed E-state index contributed by atoms with van der Waals surface area (Å²) in [4.78, 5) is 15.4. The second-order valence-electron chi connectivity index (χ2n) is 11.6. The van der Waals surface area contributed by atoms with Crippen LogP contribution in [0.5, 0.6) is 11.5 Å². The first-order valence-electron chi connectivity index (χ1n) is 15.8. The zero-order valence-corrected chi connectivity index (χ0v) is 26.3. The minimum Gasteiger partial charge on any atom is -0.497 e. The van der Waals surface area contributed by atoms with Crippen LogP contribution < -0.4 is 9.47 Å². The molecule has 7 heteroatoms. The topological polar surface area (TPSA) is 67.0 Å². The lowest BCUT2D eigenvalue weighted by molar-refractivity contribution is 0.415. The summed E-state index contributed by atoms with van der Waals surface area (Å²) < 4.78 is 15.4. The molecule has 9 aromatic rings. The molecule has 0 saturated heterocycles. The van der Waals surface area contributed by atoms with Crippen molar-refractivity contribution < 1.29 is 9.47 Å². The van der Waals surface area contributed by atoms with Crippen LogP contribution in [0.2, 0.25) is 0 Å². The van der Waals surface area contributed by atoms with Gasteiger partial charge in [-0.05, 0) is 78.9 Å². The van der Waals surface area contributed by atoms with Gasteiger partial charge in [-0.25, -0.2) is 4.98 Å². The molecule has 7 nitrogen and oxygen atoms in total. The van der Waals surface area contributed by atoms with Gasteiger partial charge in [-0.2, -0.15) is 9.97 Å². The highest BCUT2D eigenvalue weighted by Crippen LogP contribution is 2.41. The summed E-state index contributed by atoms with van der Waals surface area (Å²) in [6, 6.07) is 47.7. The van der Waals surface area contributed by atoms with Crippen molar-refractivity contribution in [1.82, 2.24) is 24.1 Å². The van der Waals surface area contributed by atoms with Gasteiger partial charge in [0.15, 0.2) is 11.6 Å². The normalized spacial score (nSPS) is 11.5. The van der Waals surface area contributed by atoms with E-state index >= 15 is 0 Å². The molecule has 0 saturated carbocycles. The zero-order valence-electron chi connectivity index (χ0n) is 26.3. The maximum Gasteiger partial charge on any atom is 0.238 e. The van der Waals surface area contributed by atoms with Crippen LogP contribution in [0.3, 0.4) is 0 Å². The number of aromatic nitrogens is 5. The lowest BCUT2D eigenvalue weighted by atomic mass is 10.1. The Morgan fingerprint density at radius 3 is 1.58 bits per heavy atom. The van der Waals surface area contributed by atoms with E-state index in [2.05, 4.69) is 100 Å². The largest absolute Gasteiger partial charge is 0.497 e. The van der Waals surface area contributed by atoms with Crippen LogP contribution >= 0.6 is 0 Å². The molecule has 0 aliphatic heterocycles. The van der Waals surface area contributed by atoms with Gasteiger partial charge in [0.2, 0.25) is 5.95 Å². The van der Waals surface area contributed by atoms with Gasteiger partial charge >= 0.3 is 0 Å². The van der Waals surface area contributed by atoms with Crippen LogP contribution in [0.25, 0.3) is 78.0 Å². The van der Waals surface area contributed by atoms with Crippen LogP contribution in [0.15, 0.2) is 140 Å². The fourth-order valence-electron chi connectivity index (χ4n) is 6.77. The van der Waals surface area contributed by atoms with E-state index in [1.54, 1.807) is 14.2 Å². The van der Waals surface area contributed by atoms with Crippen LogP contribution in [-0.4, -0.2) is 38.3 Å². The van der Waals surface area contributed by atoms with E-state index in [-0.39, 0.29) is 0 Å².